The highest BCUT2D eigenvalue weighted by Crippen LogP contribution is 2.19. The molecule has 0 saturated heterocycles. The molecular formula is C10H18N2O. The second-order valence-electron chi connectivity index (χ2n) is 3.27. The summed E-state index contributed by atoms with van der Waals surface area (Å²) >= 11 is 0. The highest BCUT2D eigenvalue weighted by molar-refractivity contribution is 5.11. The normalized spacial score (nSPS) is 18.1. The van der Waals surface area contributed by atoms with Crippen LogP contribution in [-0.2, 0) is 0 Å². The minimum atomic E-state index is 0.502. The molecule has 0 radical (unpaired) electrons. The second-order valence-corrected chi connectivity index (χ2v) is 3.27. The summed E-state index contributed by atoms with van der Waals surface area (Å²) in [5, 5.41) is 9.65. The van der Waals surface area contributed by atoms with Crippen LogP contribution >= 0.6 is 0 Å². The van der Waals surface area contributed by atoms with E-state index in [0.29, 0.717) is 12.2 Å². The van der Waals surface area contributed by atoms with Gasteiger partial charge in [0.05, 0.1) is 12.4 Å². The van der Waals surface area contributed by atoms with Gasteiger partial charge >= 0.3 is 0 Å². The van der Waals surface area contributed by atoms with E-state index in [1.807, 2.05) is 26.4 Å². The van der Waals surface area contributed by atoms with E-state index in [4.69, 9.17) is 0 Å². The van der Waals surface area contributed by atoms with E-state index in [-0.39, 0.29) is 0 Å². The first kappa shape index (κ1) is 9.96. The van der Waals surface area contributed by atoms with E-state index >= 15 is 0 Å². The lowest BCUT2D eigenvalue weighted by Crippen LogP contribution is -2.22. The van der Waals surface area contributed by atoms with Gasteiger partial charge in [0.15, 0.2) is 0 Å². The maximum Gasteiger partial charge on any atom is 0.111 e. The van der Waals surface area contributed by atoms with Gasteiger partial charge in [0.1, 0.15) is 5.76 Å². The van der Waals surface area contributed by atoms with Gasteiger partial charge < -0.3 is 14.9 Å². The lowest BCUT2D eigenvalue weighted by atomic mass is 10.2. The zero-order valence-electron chi connectivity index (χ0n) is 8.62. The summed E-state index contributed by atoms with van der Waals surface area (Å²) in [4.78, 5) is 4.16. The van der Waals surface area contributed by atoms with Gasteiger partial charge in [-0.3, -0.25) is 0 Å². The molecular weight excluding hydrogens is 164 g/mol. The third-order valence-corrected chi connectivity index (χ3v) is 2.23. The van der Waals surface area contributed by atoms with Crippen molar-refractivity contribution in [3.63, 3.8) is 0 Å². The van der Waals surface area contributed by atoms with Crippen LogP contribution in [0.15, 0.2) is 23.9 Å². The number of allylic oxidation sites excluding steroid dienone is 2. The van der Waals surface area contributed by atoms with Crippen LogP contribution in [0.1, 0.15) is 26.7 Å². The van der Waals surface area contributed by atoms with Gasteiger partial charge in [0, 0.05) is 25.9 Å². The van der Waals surface area contributed by atoms with E-state index in [9.17, 15) is 5.11 Å². The van der Waals surface area contributed by atoms with Crippen LogP contribution in [-0.4, -0.2) is 28.6 Å². The second kappa shape index (κ2) is 4.21. The number of rotatable bonds is 3. The predicted octanol–water partition coefficient (Wildman–Crippen LogP) is 2.25. The molecule has 1 aliphatic rings. The highest BCUT2D eigenvalue weighted by atomic mass is 16.3. The Balaban J connectivity index is 2.74. The molecule has 0 unspecified atom stereocenters. The first-order valence-corrected chi connectivity index (χ1v) is 4.75. The standard InChI is InChI=1S/C10H18N2O/c1-4-9(10(13)5-2)12-7-6-11(3)8-12/h6-7,13H,4-5,8H2,1-3H3/b10-9-. The molecule has 0 fully saturated rings. The summed E-state index contributed by atoms with van der Waals surface area (Å²) in [5.41, 5.74) is 1.03. The van der Waals surface area contributed by atoms with Crippen LogP contribution in [0.4, 0.5) is 0 Å². The lowest BCUT2D eigenvalue weighted by molar-refractivity contribution is 0.303. The fraction of sp³-hybridized carbons (Fsp3) is 0.600. The molecule has 3 heteroatoms. The molecule has 0 aromatic rings. The molecule has 0 saturated carbocycles. The number of aliphatic hydroxyl groups is 1. The maximum atomic E-state index is 9.65. The van der Waals surface area contributed by atoms with Crippen molar-refractivity contribution in [2.24, 2.45) is 0 Å². The van der Waals surface area contributed by atoms with Gasteiger partial charge in [-0.1, -0.05) is 13.8 Å². The third-order valence-electron chi connectivity index (χ3n) is 2.23. The van der Waals surface area contributed by atoms with Gasteiger partial charge in [-0.25, -0.2) is 0 Å². The SMILES string of the molecule is CC/C(O)=C(\CC)N1C=CN(C)C1. The molecule has 3 nitrogen and oxygen atoms in total. The van der Waals surface area contributed by atoms with Gasteiger partial charge in [0.2, 0.25) is 0 Å². The van der Waals surface area contributed by atoms with Gasteiger partial charge in [-0.15, -0.1) is 0 Å². The van der Waals surface area contributed by atoms with E-state index in [2.05, 4.69) is 16.7 Å². The Morgan fingerprint density at radius 2 is 2.00 bits per heavy atom. The minimum absolute atomic E-state index is 0.502. The van der Waals surface area contributed by atoms with Crippen molar-refractivity contribution in [2.75, 3.05) is 13.7 Å². The van der Waals surface area contributed by atoms with Crippen LogP contribution in [0.5, 0.6) is 0 Å². The molecule has 74 valence electrons. The van der Waals surface area contributed by atoms with Crippen molar-refractivity contribution in [1.82, 2.24) is 9.80 Å². The molecule has 1 rings (SSSR count). The maximum absolute atomic E-state index is 9.65. The quantitative estimate of drug-likeness (QED) is 0.678. The largest absolute Gasteiger partial charge is 0.511 e. The van der Waals surface area contributed by atoms with Crippen molar-refractivity contribution in [1.29, 1.82) is 0 Å². The van der Waals surface area contributed by atoms with Crippen LogP contribution < -0.4 is 0 Å². The van der Waals surface area contributed by atoms with Crippen molar-refractivity contribution in [2.45, 2.75) is 26.7 Å². The Morgan fingerprint density at radius 1 is 1.31 bits per heavy atom. The summed E-state index contributed by atoms with van der Waals surface area (Å²) in [6.45, 7) is 4.87. The van der Waals surface area contributed by atoms with Crippen molar-refractivity contribution >= 4 is 0 Å². The Morgan fingerprint density at radius 3 is 2.38 bits per heavy atom. The first-order chi connectivity index (χ1) is 6.19. The Kier molecular flexibility index (Phi) is 3.23. The van der Waals surface area contributed by atoms with Crippen LogP contribution in [0.3, 0.4) is 0 Å². The van der Waals surface area contributed by atoms with Crippen molar-refractivity contribution in [3.8, 4) is 0 Å². The van der Waals surface area contributed by atoms with Crippen LogP contribution in [0.25, 0.3) is 0 Å². The van der Waals surface area contributed by atoms with Gasteiger partial charge in [-0.05, 0) is 6.42 Å². The average Bonchev–Trinajstić information content (AvgIpc) is 2.53. The van der Waals surface area contributed by atoms with E-state index in [0.717, 1.165) is 18.8 Å². The topological polar surface area (TPSA) is 26.7 Å². The van der Waals surface area contributed by atoms with Crippen molar-refractivity contribution < 1.29 is 5.11 Å². The number of aliphatic hydroxyl groups excluding tert-OH is 1. The molecule has 13 heavy (non-hydrogen) atoms. The van der Waals surface area contributed by atoms with E-state index < -0.39 is 0 Å². The van der Waals surface area contributed by atoms with Crippen molar-refractivity contribution in [3.05, 3.63) is 23.9 Å². The molecule has 1 aliphatic heterocycles. The smallest absolute Gasteiger partial charge is 0.111 e. The molecule has 0 aliphatic carbocycles. The molecule has 1 heterocycles. The zero-order chi connectivity index (χ0) is 9.84. The van der Waals surface area contributed by atoms with E-state index in [1.165, 1.54) is 0 Å². The Bertz CT molecular complexity index is 233. The molecule has 0 atom stereocenters. The number of nitrogens with zero attached hydrogens (tertiary/aromatic N) is 2. The molecule has 0 aromatic heterocycles. The average molecular weight is 182 g/mol. The highest BCUT2D eigenvalue weighted by Gasteiger charge is 2.14. The molecule has 0 aromatic carbocycles. The molecule has 0 spiro atoms. The monoisotopic (exact) mass is 182 g/mol. The number of hydrogen-bond acceptors (Lipinski definition) is 3. The minimum Gasteiger partial charge on any atom is -0.511 e. The third kappa shape index (κ3) is 2.17. The first-order valence-electron chi connectivity index (χ1n) is 4.75. The predicted molar refractivity (Wildman–Crippen MR) is 53.8 cm³/mol. The molecule has 0 bridgehead atoms. The Hall–Kier alpha value is -1.12. The number of hydrogen-bond donors (Lipinski definition) is 1. The zero-order valence-corrected chi connectivity index (χ0v) is 8.62. The van der Waals surface area contributed by atoms with Crippen LogP contribution in [0.2, 0.25) is 0 Å². The fourth-order valence-electron chi connectivity index (χ4n) is 1.48. The summed E-state index contributed by atoms with van der Waals surface area (Å²) in [6, 6.07) is 0. The summed E-state index contributed by atoms with van der Waals surface area (Å²) in [7, 11) is 2.02. The molecule has 1 N–H and O–H groups in total. The van der Waals surface area contributed by atoms with Gasteiger partial charge in [-0.2, -0.15) is 0 Å². The summed E-state index contributed by atoms with van der Waals surface area (Å²) < 4.78 is 0. The summed E-state index contributed by atoms with van der Waals surface area (Å²) in [6.07, 6.45) is 5.60. The van der Waals surface area contributed by atoms with Crippen LogP contribution in [0, 0.1) is 0 Å². The lowest BCUT2D eigenvalue weighted by Gasteiger charge is -2.21. The van der Waals surface area contributed by atoms with E-state index in [1.54, 1.807) is 0 Å². The fourth-order valence-corrected chi connectivity index (χ4v) is 1.48. The Labute approximate surface area is 80.0 Å². The summed E-state index contributed by atoms with van der Waals surface area (Å²) in [5.74, 6) is 0.502. The van der Waals surface area contributed by atoms with Gasteiger partial charge in [0.25, 0.3) is 0 Å². The molecule has 0 amide bonds.